The molecular weight excluding hydrogens is 332 g/mol. The zero-order valence-corrected chi connectivity index (χ0v) is 13.5. The number of nitrogens with two attached hydrogens (primary N) is 1. The van der Waals surface area contributed by atoms with E-state index in [9.17, 15) is 19.1 Å². The fraction of sp³-hybridized carbons (Fsp3) is 0.412. The minimum Gasteiger partial charge on any atom is -0.477 e. The molecule has 0 bridgehead atoms. The normalized spacial score (nSPS) is 23.0. The molecule has 2 aliphatic rings. The molecule has 1 aliphatic heterocycles. The number of anilines is 1. The Bertz CT molecular complexity index is 968. The molecule has 1 saturated carbocycles. The van der Waals surface area contributed by atoms with E-state index in [1.165, 1.54) is 15.7 Å². The van der Waals surface area contributed by atoms with Crippen LogP contribution in [-0.2, 0) is 0 Å². The summed E-state index contributed by atoms with van der Waals surface area (Å²) in [6.45, 7) is 2.10. The van der Waals surface area contributed by atoms with Gasteiger partial charge in [-0.25, -0.2) is 13.6 Å². The van der Waals surface area contributed by atoms with Gasteiger partial charge in [0.05, 0.1) is 10.9 Å². The predicted octanol–water partition coefficient (Wildman–Crippen LogP) is 1.85. The Labute approximate surface area is 141 Å². The summed E-state index contributed by atoms with van der Waals surface area (Å²) < 4.78 is 31.3. The molecule has 25 heavy (non-hydrogen) atoms. The van der Waals surface area contributed by atoms with Gasteiger partial charge in [0.1, 0.15) is 17.1 Å². The number of aromatic nitrogens is 1. The molecule has 1 aromatic carbocycles. The Kier molecular flexibility index (Phi) is 3.37. The molecule has 4 rings (SSSR count). The average molecular weight is 349 g/mol. The smallest absolute Gasteiger partial charge is 0.341 e. The number of hydrogen-bond acceptors (Lipinski definition) is 4. The molecule has 0 radical (unpaired) electrons. The van der Waals surface area contributed by atoms with E-state index in [2.05, 4.69) is 0 Å². The van der Waals surface area contributed by atoms with Gasteiger partial charge in [-0.2, -0.15) is 0 Å². The number of carboxylic acid groups (broad SMARTS) is 1. The number of pyridine rings is 1. The predicted molar refractivity (Wildman–Crippen MR) is 88.1 cm³/mol. The molecule has 0 spiro atoms. The highest BCUT2D eigenvalue weighted by Gasteiger charge is 2.38. The van der Waals surface area contributed by atoms with Gasteiger partial charge in [-0.15, -0.1) is 0 Å². The maximum atomic E-state index is 15.2. The van der Waals surface area contributed by atoms with Gasteiger partial charge < -0.3 is 20.3 Å². The maximum absolute atomic E-state index is 15.2. The van der Waals surface area contributed by atoms with Gasteiger partial charge in [-0.05, 0) is 25.8 Å². The Morgan fingerprint density at radius 2 is 2.04 bits per heavy atom. The van der Waals surface area contributed by atoms with Gasteiger partial charge in [0.2, 0.25) is 5.43 Å². The molecule has 2 atom stereocenters. The SMILES string of the molecule is C[C@@H]1[C@H](N)CN1c1c(F)cc2c(=O)c(C(=O)O)cn(C3CC3)c2c1F. The van der Waals surface area contributed by atoms with Crippen LogP contribution in [0, 0.1) is 11.6 Å². The lowest BCUT2D eigenvalue weighted by atomic mass is 9.97. The highest BCUT2D eigenvalue weighted by Crippen LogP contribution is 2.40. The van der Waals surface area contributed by atoms with E-state index in [1.807, 2.05) is 0 Å². The lowest BCUT2D eigenvalue weighted by Crippen LogP contribution is -2.63. The number of nitrogens with zero attached hydrogens (tertiary/aromatic N) is 2. The fourth-order valence-corrected chi connectivity index (χ4v) is 3.42. The molecule has 2 fully saturated rings. The summed E-state index contributed by atoms with van der Waals surface area (Å²) in [5.41, 5.74) is 4.21. The summed E-state index contributed by atoms with van der Waals surface area (Å²) in [6, 6.07) is 0.471. The minimum absolute atomic E-state index is 0.0402. The third-order valence-electron chi connectivity index (χ3n) is 5.16. The molecule has 3 N–H and O–H groups in total. The molecule has 1 aliphatic carbocycles. The molecule has 132 valence electrons. The molecule has 6 nitrogen and oxygen atoms in total. The van der Waals surface area contributed by atoms with Crippen LogP contribution in [0.15, 0.2) is 17.1 Å². The molecule has 0 amide bonds. The first-order valence-electron chi connectivity index (χ1n) is 8.13. The Balaban J connectivity index is 2.03. The first kappa shape index (κ1) is 16.0. The molecule has 2 aromatic rings. The van der Waals surface area contributed by atoms with Crippen molar-refractivity contribution in [3.8, 4) is 0 Å². The number of rotatable bonds is 3. The highest BCUT2D eigenvalue weighted by molar-refractivity contribution is 5.94. The van der Waals surface area contributed by atoms with Crippen LogP contribution < -0.4 is 16.1 Å². The Morgan fingerprint density at radius 1 is 1.36 bits per heavy atom. The molecule has 0 unspecified atom stereocenters. The second-order valence-corrected chi connectivity index (χ2v) is 6.79. The van der Waals surface area contributed by atoms with Crippen LogP contribution in [0.1, 0.15) is 36.2 Å². The quantitative estimate of drug-likeness (QED) is 0.883. The molecule has 1 saturated heterocycles. The third kappa shape index (κ3) is 2.24. The zero-order valence-electron chi connectivity index (χ0n) is 13.5. The Hall–Kier alpha value is -2.48. The molecule has 2 heterocycles. The van der Waals surface area contributed by atoms with Gasteiger partial charge in [-0.3, -0.25) is 4.79 Å². The molecule has 8 heteroatoms. The van der Waals surface area contributed by atoms with Crippen LogP contribution in [-0.4, -0.2) is 34.3 Å². The van der Waals surface area contributed by atoms with Crippen molar-refractivity contribution in [1.82, 2.24) is 4.57 Å². The number of halogens is 2. The average Bonchev–Trinajstić information content (AvgIpc) is 3.39. The first-order chi connectivity index (χ1) is 11.8. The van der Waals surface area contributed by atoms with Crippen molar-refractivity contribution in [3.63, 3.8) is 0 Å². The van der Waals surface area contributed by atoms with Gasteiger partial charge in [0, 0.05) is 30.9 Å². The van der Waals surface area contributed by atoms with E-state index in [-0.39, 0.29) is 34.7 Å². The van der Waals surface area contributed by atoms with Crippen LogP contribution in [0.5, 0.6) is 0 Å². The number of benzene rings is 1. The van der Waals surface area contributed by atoms with Crippen LogP contribution in [0.3, 0.4) is 0 Å². The summed E-state index contributed by atoms with van der Waals surface area (Å²) in [5.74, 6) is -3.13. The van der Waals surface area contributed by atoms with E-state index in [4.69, 9.17) is 5.73 Å². The maximum Gasteiger partial charge on any atom is 0.341 e. The number of aromatic carboxylic acids is 1. The fourth-order valence-electron chi connectivity index (χ4n) is 3.42. The second kappa shape index (κ2) is 5.26. The standard InChI is InChI=1S/C17H17F2N3O3/c1-7-12(20)6-21(7)15-11(18)4-9-14(13(15)19)22(8-2-3-8)5-10(16(9)23)17(24)25/h4-5,7-8,12H,2-3,6,20H2,1H3,(H,24,25)/t7-,12-/m1/s1. The monoisotopic (exact) mass is 349 g/mol. The number of carboxylic acids is 1. The van der Waals surface area contributed by atoms with Gasteiger partial charge >= 0.3 is 5.97 Å². The van der Waals surface area contributed by atoms with Gasteiger partial charge in [0.25, 0.3) is 0 Å². The number of fused-ring (bicyclic) bond motifs is 1. The van der Waals surface area contributed by atoms with Crippen molar-refractivity contribution < 1.29 is 18.7 Å². The summed E-state index contributed by atoms with van der Waals surface area (Å²) in [7, 11) is 0. The van der Waals surface area contributed by atoms with Crippen LogP contribution >= 0.6 is 0 Å². The van der Waals surface area contributed by atoms with Crippen molar-refractivity contribution in [2.24, 2.45) is 5.73 Å². The number of hydrogen-bond donors (Lipinski definition) is 2. The summed E-state index contributed by atoms with van der Waals surface area (Å²) in [6.07, 6.45) is 2.68. The molecule has 1 aromatic heterocycles. The van der Waals surface area contributed by atoms with Crippen molar-refractivity contribution in [2.75, 3.05) is 11.4 Å². The van der Waals surface area contributed by atoms with Crippen molar-refractivity contribution in [2.45, 2.75) is 37.9 Å². The minimum atomic E-state index is -1.41. The van der Waals surface area contributed by atoms with Crippen molar-refractivity contribution >= 4 is 22.6 Å². The van der Waals surface area contributed by atoms with Gasteiger partial charge in [0.15, 0.2) is 5.82 Å². The first-order valence-corrected chi connectivity index (χ1v) is 8.13. The highest BCUT2D eigenvalue weighted by atomic mass is 19.1. The van der Waals surface area contributed by atoms with Crippen LogP contribution in [0.2, 0.25) is 0 Å². The van der Waals surface area contributed by atoms with Crippen LogP contribution in [0.25, 0.3) is 10.9 Å². The largest absolute Gasteiger partial charge is 0.477 e. The zero-order chi connectivity index (χ0) is 18.0. The van der Waals surface area contributed by atoms with Crippen LogP contribution in [0.4, 0.5) is 14.5 Å². The lowest BCUT2D eigenvalue weighted by Gasteiger charge is -2.46. The van der Waals surface area contributed by atoms with E-state index in [0.717, 1.165) is 18.9 Å². The van der Waals surface area contributed by atoms with E-state index in [1.54, 1.807) is 6.92 Å². The van der Waals surface area contributed by atoms with E-state index in [0.29, 0.717) is 6.54 Å². The second-order valence-electron chi connectivity index (χ2n) is 6.79. The van der Waals surface area contributed by atoms with E-state index < -0.39 is 28.6 Å². The lowest BCUT2D eigenvalue weighted by molar-refractivity contribution is 0.0695. The van der Waals surface area contributed by atoms with Crippen molar-refractivity contribution in [3.05, 3.63) is 39.7 Å². The third-order valence-corrected chi connectivity index (χ3v) is 5.16. The molecular formula is C17H17F2N3O3. The van der Waals surface area contributed by atoms with Crippen molar-refractivity contribution in [1.29, 1.82) is 0 Å². The van der Waals surface area contributed by atoms with E-state index >= 15 is 4.39 Å². The number of carbonyl (C=O) groups is 1. The van der Waals surface area contributed by atoms with Gasteiger partial charge in [-0.1, -0.05) is 0 Å². The summed E-state index contributed by atoms with van der Waals surface area (Å²) in [5, 5.41) is 8.97. The topological polar surface area (TPSA) is 88.6 Å². The summed E-state index contributed by atoms with van der Waals surface area (Å²) in [4.78, 5) is 25.2. The summed E-state index contributed by atoms with van der Waals surface area (Å²) >= 11 is 0. The Morgan fingerprint density at radius 3 is 2.56 bits per heavy atom.